The third kappa shape index (κ3) is 4.01. The minimum Gasteiger partial charge on any atom is -0.423 e. The second kappa shape index (κ2) is 7.41. The monoisotopic (exact) mass is 372 g/mol. The minimum atomic E-state index is -3.69. The van der Waals surface area contributed by atoms with Gasteiger partial charge in [-0.15, -0.1) is 0 Å². The lowest BCUT2D eigenvalue weighted by Gasteiger charge is -2.25. The zero-order valence-electron chi connectivity index (χ0n) is 14.5. The first-order valence-electron chi connectivity index (χ1n) is 8.12. The van der Waals surface area contributed by atoms with E-state index in [9.17, 15) is 13.2 Å². The number of rotatable bonds is 6. The van der Waals surface area contributed by atoms with Crippen molar-refractivity contribution in [2.45, 2.75) is 10.9 Å². The first kappa shape index (κ1) is 18.3. The van der Waals surface area contributed by atoms with Crippen LogP contribution in [0.15, 0.2) is 74.8 Å². The van der Waals surface area contributed by atoms with E-state index in [1.165, 1.54) is 24.3 Å². The van der Waals surface area contributed by atoms with Gasteiger partial charge in [0.1, 0.15) is 5.58 Å². The van der Waals surface area contributed by atoms with Gasteiger partial charge >= 0.3 is 5.63 Å². The molecule has 1 atom stereocenters. The maximum Gasteiger partial charge on any atom is 0.336 e. The smallest absolute Gasteiger partial charge is 0.336 e. The molecule has 1 N–H and O–H groups in total. The van der Waals surface area contributed by atoms with E-state index in [-0.39, 0.29) is 17.5 Å². The van der Waals surface area contributed by atoms with Crippen molar-refractivity contribution >= 4 is 21.0 Å². The van der Waals surface area contributed by atoms with E-state index in [0.29, 0.717) is 11.0 Å². The lowest BCUT2D eigenvalue weighted by molar-refractivity contribution is 0.299. The maximum atomic E-state index is 12.7. The summed E-state index contributed by atoms with van der Waals surface area (Å²) in [5.74, 6) is 0. The van der Waals surface area contributed by atoms with Crippen LogP contribution in [-0.4, -0.2) is 34.0 Å². The van der Waals surface area contributed by atoms with Crippen LogP contribution in [-0.2, 0) is 10.0 Å². The first-order chi connectivity index (χ1) is 12.4. The van der Waals surface area contributed by atoms with Crippen molar-refractivity contribution in [3.8, 4) is 0 Å². The Bertz CT molecular complexity index is 1060. The van der Waals surface area contributed by atoms with Gasteiger partial charge in [0.15, 0.2) is 0 Å². The summed E-state index contributed by atoms with van der Waals surface area (Å²) in [5, 5.41) is 0.555. The summed E-state index contributed by atoms with van der Waals surface area (Å²) in [5.41, 5.74) is 0.912. The van der Waals surface area contributed by atoms with Gasteiger partial charge in [0, 0.05) is 24.0 Å². The molecule has 0 saturated carbocycles. The van der Waals surface area contributed by atoms with Crippen molar-refractivity contribution in [1.29, 1.82) is 0 Å². The van der Waals surface area contributed by atoms with Crippen LogP contribution < -0.4 is 10.3 Å². The summed E-state index contributed by atoms with van der Waals surface area (Å²) in [7, 11) is 0.119. The number of fused-ring (bicyclic) bond motifs is 1. The highest BCUT2D eigenvalue weighted by Gasteiger charge is 2.20. The molecule has 0 aliphatic heterocycles. The molecule has 0 fully saturated rings. The van der Waals surface area contributed by atoms with E-state index in [0.717, 1.165) is 5.56 Å². The quantitative estimate of drug-likeness (QED) is 0.672. The van der Waals surface area contributed by atoms with Gasteiger partial charge in [-0.1, -0.05) is 30.3 Å². The molecule has 7 heteroatoms. The van der Waals surface area contributed by atoms with Crippen molar-refractivity contribution in [2.75, 3.05) is 20.6 Å². The molecule has 1 aromatic heterocycles. The largest absolute Gasteiger partial charge is 0.423 e. The molecule has 0 bridgehead atoms. The predicted molar refractivity (Wildman–Crippen MR) is 101 cm³/mol. The van der Waals surface area contributed by atoms with Crippen molar-refractivity contribution in [3.05, 3.63) is 76.6 Å². The summed E-state index contributed by atoms with van der Waals surface area (Å²) in [6, 6.07) is 16.9. The molecule has 2 aromatic carbocycles. The van der Waals surface area contributed by atoms with Crippen LogP contribution in [0.1, 0.15) is 11.6 Å². The fraction of sp³-hybridized carbons (Fsp3) is 0.211. The van der Waals surface area contributed by atoms with E-state index >= 15 is 0 Å². The Kier molecular flexibility index (Phi) is 5.22. The zero-order chi connectivity index (χ0) is 18.7. The molecule has 1 unspecified atom stereocenters. The highest BCUT2D eigenvalue weighted by Crippen LogP contribution is 2.20. The van der Waals surface area contributed by atoms with Crippen LogP contribution in [0.4, 0.5) is 0 Å². The van der Waals surface area contributed by atoms with Crippen molar-refractivity contribution in [1.82, 2.24) is 9.62 Å². The standard InChI is InChI=1S/C19H20N2O4S/c1-21(2)17(14-6-4-3-5-7-14)13-20-26(23,24)16-9-10-18-15(12-16)8-11-19(22)25-18/h3-12,17,20H,13H2,1-2H3. The SMILES string of the molecule is CN(C)C(CNS(=O)(=O)c1ccc2oc(=O)ccc2c1)c1ccccc1. The van der Waals surface area contributed by atoms with Crippen LogP contribution in [0.3, 0.4) is 0 Å². The van der Waals surface area contributed by atoms with Crippen LogP contribution in [0.5, 0.6) is 0 Å². The van der Waals surface area contributed by atoms with E-state index in [1.54, 1.807) is 6.07 Å². The topological polar surface area (TPSA) is 79.6 Å². The van der Waals surface area contributed by atoms with Crippen LogP contribution >= 0.6 is 0 Å². The number of benzene rings is 2. The summed E-state index contributed by atoms with van der Waals surface area (Å²) >= 11 is 0. The van der Waals surface area contributed by atoms with Gasteiger partial charge in [-0.05, 0) is 43.9 Å². The molecule has 6 nitrogen and oxygen atoms in total. The number of likely N-dealkylation sites (N-methyl/N-ethyl adjacent to an activating group) is 1. The Balaban J connectivity index is 1.84. The Hall–Kier alpha value is -2.48. The number of sulfonamides is 1. The number of hydrogen-bond donors (Lipinski definition) is 1. The van der Waals surface area contributed by atoms with E-state index in [4.69, 9.17) is 4.42 Å². The third-order valence-corrected chi connectivity index (χ3v) is 5.60. The molecular weight excluding hydrogens is 352 g/mol. The minimum absolute atomic E-state index is 0.0931. The molecule has 136 valence electrons. The maximum absolute atomic E-state index is 12.7. The lowest BCUT2D eigenvalue weighted by Crippen LogP contribution is -2.34. The lowest BCUT2D eigenvalue weighted by atomic mass is 10.1. The average molecular weight is 372 g/mol. The summed E-state index contributed by atoms with van der Waals surface area (Å²) < 4.78 is 33.1. The van der Waals surface area contributed by atoms with Crippen molar-refractivity contribution < 1.29 is 12.8 Å². The summed E-state index contributed by atoms with van der Waals surface area (Å²) in [6.45, 7) is 0.237. The number of hydrogen-bond acceptors (Lipinski definition) is 5. The molecule has 0 aliphatic rings. The molecule has 26 heavy (non-hydrogen) atoms. The molecular formula is C19H20N2O4S. The summed E-state index contributed by atoms with van der Waals surface area (Å²) in [6.07, 6.45) is 0. The second-order valence-corrected chi connectivity index (χ2v) is 7.96. The Morgan fingerprint density at radius 2 is 1.77 bits per heavy atom. The Morgan fingerprint density at radius 3 is 2.46 bits per heavy atom. The van der Waals surface area contributed by atoms with Gasteiger partial charge in [0.25, 0.3) is 0 Å². The van der Waals surface area contributed by atoms with Gasteiger partial charge in [0.05, 0.1) is 4.90 Å². The molecule has 1 heterocycles. The molecule has 0 saturated heterocycles. The third-order valence-electron chi connectivity index (χ3n) is 4.18. The number of nitrogens with one attached hydrogen (secondary N) is 1. The van der Waals surface area contributed by atoms with E-state index in [1.807, 2.05) is 49.3 Å². The molecule has 3 aromatic rings. The highest BCUT2D eigenvalue weighted by atomic mass is 32.2. The molecule has 0 radical (unpaired) electrons. The second-order valence-electron chi connectivity index (χ2n) is 6.20. The van der Waals surface area contributed by atoms with Gasteiger partial charge in [-0.2, -0.15) is 0 Å². The zero-order valence-corrected chi connectivity index (χ0v) is 15.4. The van der Waals surface area contributed by atoms with Crippen molar-refractivity contribution in [3.63, 3.8) is 0 Å². The van der Waals surface area contributed by atoms with Crippen LogP contribution in [0.25, 0.3) is 11.0 Å². The van der Waals surface area contributed by atoms with E-state index in [2.05, 4.69) is 4.72 Å². The predicted octanol–water partition coefficient (Wildman–Crippen LogP) is 2.37. The van der Waals surface area contributed by atoms with Gasteiger partial charge in [-0.25, -0.2) is 17.9 Å². The van der Waals surface area contributed by atoms with Gasteiger partial charge in [0.2, 0.25) is 10.0 Å². The van der Waals surface area contributed by atoms with Gasteiger partial charge < -0.3 is 9.32 Å². The Morgan fingerprint density at radius 1 is 1.04 bits per heavy atom. The normalized spacial score (nSPS) is 13.2. The molecule has 3 rings (SSSR count). The van der Waals surface area contributed by atoms with Gasteiger partial charge in [-0.3, -0.25) is 0 Å². The summed E-state index contributed by atoms with van der Waals surface area (Å²) in [4.78, 5) is 13.3. The van der Waals surface area contributed by atoms with Crippen LogP contribution in [0.2, 0.25) is 0 Å². The highest BCUT2D eigenvalue weighted by molar-refractivity contribution is 7.89. The first-order valence-corrected chi connectivity index (χ1v) is 9.60. The van der Waals surface area contributed by atoms with Crippen molar-refractivity contribution in [2.24, 2.45) is 0 Å². The molecule has 0 spiro atoms. The van der Waals surface area contributed by atoms with Crippen LogP contribution in [0, 0.1) is 0 Å². The molecule has 0 amide bonds. The number of nitrogens with zero attached hydrogens (tertiary/aromatic N) is 1. The molecule has 0 aliphatic carbocycles. The Labute approximate surface area is 152 Å². The van der Waals surface area contributed by atoms with E-state index < -0.39 is 15.6 Å². The fourth-order valence-electron chi connectivity index (χ4n) is 2.76. The fourth-order valence-corrected chi connectivity index (χ4v) is 3.84. The average Bonchev–Trinajstić information content (AvgIpc) is 2.62.